The Morgan fingerprint density at radius 2 is 2.19 bits per heavy atom. The molecule has 0 aromatic carbocycles. The largest absolute Gasteiger partial charge is 0.310 e. The summed E-state index contributed by atoms with van der Waals surface area (Å²) in [6, 6.07) is 0.556. The van der Waals surface area contributed by atoms with Gasteiger partial charge in [0.25, 0.3) is 0 Å². The van der Waals surface area contributed by atoms with Crippen molar-refractivity contribution in [2.24, 2.45) is 0 Å². The van der Waals surface area contributed by atoms with Gasteiger partial charge in [-0.3, -0.25) is 0 Å². The van der Waals surface area contributed by atoms with E-state index in [0.29, 0.717) is 6.04 Å². The summed E-state index contributed by atoms with van der Waals surface area (Å²) in [5.74, 6) is 0.799. The molecule has 0 bridgehead atoms. The highest BCUT2D eigenvalue weighted by Crippen LogP contribution is 2.42. The first-order chi connectivity index (χ1) is 7.70. The molecule has 1 aromatic rings. The molecule has 0 amide bonds. The van der Waals surface area contributed by atoms with Gasteiger partial charge in [-0.25, -0.2) is 4.98 Å². The van der Waals surface area contributed by atoms with Crippen molar-refractivity contribution in [1.29, 1.82) is 0 Å². The van der Waals surface area contributed by atoms with Gasteiger partial charge in [-0.1, -0.05) is 27.2 Å². The van der Waals surface area contributed by atoms with Crippen molar-refractivity contribution in [3.63, 3.8) is 0 Å². The lowest BCUT2D eigenvalue weighted by Gasteiger charge is -2.07. The van der Waals surface area contributed by atoms with E-state index in [1.54, 1.807) is 0 Å². The molecule has 0 aliphatic heterocycles. The number of hydrogen-bond donors (Lipinski definition) is 1. The van der Waals surface area contributed by atoms with Gasteiger partial charge in [-0.15, -0.1) is 11.3 Å². The molecule has 0 spiro atoms. The van der Waals surface area contributed by atoms with Gasteiger partial charge >= 0.3 is 0 Å². The smallest absolute Gasteiger partial charge is 0.0962 e. The minimum absolute atomic E-state index is 0.556. The summed E-state index contributed by atoms with van der Waals surface area (Å²) >= 11 is 1.94. The van der Waals surface area contributed by atoms with Gasteiger partial charge in [0.05, 0.1) is 10.7 Å². The first kappa shape index (κ1) is 12.1. The fourth-order valence-electron chi connectivity index (χ4n) is 1.78. The zero-order valence-electron chi connectivity index (χ0n) is 10.5. The number of rotatable bonds is 6. The Bertz CT molecular complexity index is 340. The van der Waals surface area contributed by atoms with Crippen LogP contribution in [0.4, 0.5) is 0 Å². The van der Waals surface area contributed by atoms with E-state index in [-0.39, 0.29) is 0 Å². The predicted octanol–water partition coefficient (Wildman–Crippen LogP) is 3.47. The molecule has 1 aliphatic carbocycles. The molecule has 1 N–H and O–H groups in total. The maximum atomic E-state index is 4.82. The average molecular weight is 238 g/mol. The molecule has 1 aromatic heterocycles. The molecule has 2 nitrogen and oxygen atoms in total. The molecular formula is C13H22N2S. The van der Waals surface area contributed by atoms with Crippen LogP contribution in [0.15, 0.2) is 0 Å². The first-order valence-corrected chi connectivity index (χ1v) is 7.24. The van der Waals surface area contributed by atoms with E-state index in [4.69, 9.17) is 4.98 Å². The molecule has 1 aliphatic rings. The third kappa shape index (κ3) is 3.05. The highest BCUT2D eigenvalue weighted by atomic mass is 32.1. The Morgan fingerprint density at radius 1 is 1.44 bits per heavy atom. The third-order valence-electron chi connectivity index (χ3n) is 2.88. The van der Waals surface area contributed by atoms with Gasteiger partial charge in [0.15, 0.2) is 0 Å². The molecular weight excluding hydrogens is 216 g/mol. The molecule has 90 valence electrons. The van der Waals surface area contributed by atoms with Crippen LogP contribution in [0.3, 0.4) is 0 Å². The van der Waals surface area contributed by atoms with Crippen molar-refractivity contribution in [3.05, 3.63) is 15.6 Å². The van der Waals surface area contributed by atoms with Crippen molar-refractivity contribution >= 4 is 11.3 Å². The zero-order chi connectivity index (χ0) is 11.5. The molecule has 0 atom stereocenters. The van der Waals surface area contributed by atoms with Crippen LogP contribution < -0.4 is 5.32 Å². The topological polar surface area (TPSA) is 24.9 Å². The molecule has 3 heteroatoms. The number of hydrogen-bond acceptors (Lipinski definition) is 3. The average Bonchev–Trinajstić information content (AvgIpc) is 3.00. The predicted molar refractivity (Wildman–Crippen MR) is 70.1 cm³/mol. The summed E-state index contributed by atoms with van der Waals surface area (Å²) in [4.78, 5) is 6.29. The van der Waals surface area contributed by atoms with Gasteiger partial charge in [0.1, 0.15) is 0 Å². The van der Waals surface area contributed by atoms with Crippen LogP contribution in [0, 0.1) is 0 Å². The normalized spacial score (nSPS) is 16.0. The Labute approximate surface area is 102 Å². The van der Waals surface area contributed by atoms with Crippen LogP contribution in [0.2, 0.25) is 0 Å². The van der Waals surface area contributed by atoms with Gasteiger partial charge < -0.3 is 5.32 Å². The summed E-state index contributed by atoms with van der Waals surface area (Å²) in [6.07, 6.45) is 5.05. The maximum Gasteiger partial charge on any atom is 0.0962 e. The second-order valence-electron chi connectivity index (χ2n) is 4.98. The molecule has 16 heavy (non-hydrogen) atoms. The Hall–Kier alpha value is -0.410. The molecule has 0 unspecified atom stereocenters. The summed E-state index contributed by atoms with van der Waals surface area (Å²) in [5.41, 5.74) is 1.35. The maximum absolute atomic E-state index is 4.82. The number of nitrogens with one attached hydrogen (secondary N) is 1. The quantitative estimate of drug-likeness (QED) is 0.821. The molecule has 1 heterocycles. The van der Waals surface area contributed by atoms with Crippen LogP contribution in [0.5, 0.6) is 0 Å². The van der Waals surface area contributed by atoms with E-state index in [2.05, 4.69) is 26.1 Å². The molecule has 1 saturated carbocycles. The Kier molecular flexibility index (Phi) is 3.98. The van der Waals surface area contributed by atoms with Gasteiger partial charge in [-0.2, -0.15) is 0 Å². The van der Waals surface area contributed by atoms with Crippen molar-refractivity contribution in [2.75, 3.05) is 0 Å². The fraction of sp³-hybridized carbons (Fsp3) is 0.769. The van der Waals surface area contributed by atoms with E-state index in [1.165, 1.54) is 34.8 Å². The van der Waals surface area contributed by atoms with Gasteiger partial charge in [0, 0.05) is 23.4 Å². The van der Waals surface area contributed by atoms with Gasteiger partial charge in [-0.05, 0) is 19.3 Å². The third-order valence-corrected chi connectivity index (χ3v) is 4.14. The number of aromatic nitrogens is 1. The molecule has 0 radical (unpaired) electrons. The number of aryl methyl sites for hydroxylation is 1. The lowest BCUT2D eigenvalue weighted by Crippen LogP contribution is -2.21. The summed E-state index contributed by atoms with van der Waals surface area (Å²) in [5, 5.41) is 4.90. The molecule has 0 saturated heterocycles. The number of thiazole rings is 1. The van der Waals surface area contributed by atoms with E-state index >= 15 is 0 Å². The van der Waals surface area contributed by atoms with Crippen LogP contribution in [0.1, 0.15) is 61.5 Å². The zero-order valence-corrected chi connectivity index (χ0v) is 11.4. The lowest BCUT2D eigenvalue weighted by atomic mass is 10.2. The highest BCUT2D eigenvalue weighted by Gasteiger charge is 2.28. The molecule has 1 fully saturated rings. The van der Waals surface area contributed by atoms with E-state index in [0.717, 1.165) is 18.9 Å². The van der Waals surface area contributed by atoms with Crippen molar-refractivity contribution in [3.8, 4) is 0 Å². The Morgan fingerprint density at radius 3 is 2.75 bits per heavy atom. The minimum Gasteiger partial charge on any atom is -0.310 e. The van der Waals surface area contributed by atoms with Crippen LogP contribution >= 0.6 is 11.3 Å². The van der Waals surface area contributed by atoms with Crippen LogP contribution in [0.25, 0.3) is 0 Å². The lowest BCUT2D eigenvalue weighted by molar-refractivity contribution is 0.589. The standard InChI is InChI=1S/C13H22N2S/c1-4-5-11-12(8-14-9(2)3)16-13(15-11)10-6-7-10/h9-10,14H,4-8H2,1-3H3. The first-order valence-electron chi connectivity index (χ1n) is 6.42. The van der Waals surface area contributed by atoms with E-state index in [9.17, 15) is 0 Å². The van der Waals surface area contributed by atoms with Crippen molar-refractivity contribution < 1.29 is 0 Å². The highest BCUT2D eigenvalue weighted by molar-refractivity contribution is 7.11. The second-order valence-corrected chi connectivity index (χ2v) is 6.10. The second kappa shape index (κ2) is 5.28. The van der Waals surface area contributed by atoms with Crippen LogP contribution in [-0.4, -0.2) is 11.0 Å². The van der Waals surface area contributed by atoms with E-state index in [1.807, 2.05) is 11.3 Å². The minimum atomic E-state index is 0.556. The number of nitrogens with zero attached hydrogens (tertiary/aromatic N) is 1. The van der Waals surface area contributed by atoms with Crippen molar-refractivity contribution in [2.45, 2.75) is 65.0 Å². The van der Waals surface area contributed by atoms with Crippen LogP contribution in [-0.2, 0) is 13.0 Å². The van der Waals surface area contributed by atoms with Gasteiger partial charge in [0.2, 0.25) is 0 Å². The SMILES string of the molecule is CCCc1nc(C2CC2)sc1CNC(C)C. The monoisotopic (exact) mass is 238 g/mol. The summed E-state index contributed by atoms with van der Waals surface area (Å²) in [6.45, 7) is 7.62. The van der Waals surface area contributed by atoms with E-state index < -0.39 is 0 Å². The van der Waals surface area contributed by atoms with Crippen molar-refractivity contribution in [1.82, 2.24) is 10.3 Å². The fourth-order valence-corrected chi connectivity index (χ4v) is 3.01. The summed E-state index contributed by atoms with van der Waals surface area (Å²) < 4.78 is 0. The summed E-state index contributed by atoms with van der Waals surface area (Å²) in [7, 11) is 0. The molecule has 2 rings (SSSR count). The Balaban J connectivity index is 2.06.